The zero-order chi connectivity index (χ0) is 22.4. The number of hydrogen-bond acceptors (Lipinski definition) is 5. The molecule has 9 heteroatoms. The van der Waals surface area contributed by atoms with E-state index in [1.807, 2.05) is 13.8 Å². The number of aliphatic hydroxyl groups excluding tert-OH is 1. The largest absolute Gasteiger partial charge is 0.508 e. The highest BCUT2D eigenvalue weighted by Gasteiger charge is 2.20. The Kier molecular flexibility index (Phi) is 8.69. The molecule has 0 unspecified atom stereocenters. The van der Waals surface area contributed by atoms with Gasteiger partial charge in [-0.2, -0.15) is 0 Å². The van der Waals surface area contributed by atoms with E-state index in [9.17, 15) is 14.7 Å². The normalized spacial score (nSPS) is 11.9. The number of carbonyl (C=O) groups excluding carboxylic acids is 1. The Balaban J connectivity index is 2.16. The first-order valence-corrected chi connectivity index (χ1v) is 10.8. The van der Waals surface area contributed by atoms with Gasteiger partial charge in [0.25, 0.3) is 0 Å². The summed E-state index contributed by atoms with van der Waals surface area (Å²) >= 11 is 6.89. The van der Waals surface area contributed by atoms with Gasteiger partial charge in [-0.25, -0.2) is 4.79 Å². The highest BCUT2D eigenvalue weighted by atomic mass is 79.9. The summed E-state index contributed by atoms with van der Waals surface area (Å²) in [6.45, 7) is 3.61. The number of aromatic hydroxyl groups is 1. The van der Waals surface area contributed by atoms with Gasteiger partial charge in [-0.3, -0.25) is 4.79 Å². The Hall–Kier alpha value is -2.10. The molecule has 1 amide bonds. The van der Waals surface area contributed by atoms with E-state index in [0.29, 0.717) is 26.0 Å². The smallest absolute Gasteiger partial charge is 0.326 e. The van der Waals surface area contributed by atoms with Crippen molar-refractivity contribution in [1.29, 1.82) is 0 Å². The van der Waals surface area contributed by atoms with Crippen molar-refractivity contribution in [3.05, 3.63) is 50.4 Å². The summed E-state index contributed by atoms with van der Waals surface area (Å²) in [7, 11) is 0. The predicted molar refractivity (Wildman–Crippen MR) is 119 cm³/mol. The fourth-order valence-corrected chi connectivity index (χ4v) is 4.25. The third-order valence-electron chi connectivity index (χ3n) is 4.31. The lowest BCUT2D eigenvalue weighted by Gasteiger charge is -2.15. The molecule has 0 saturated carbocycles. The van der Waals surface area contributed by atoms with Crippen molar-refractivity contribution in [3.8, 4) is 17.2 Å². The standard InChI is InChI=1S/C21H23Br2NO6/c1-11(2)14-10-13(3-4-18(14)26)30-20-15(22)7-12(8-16(20)23)9-19(27)24-17(5-6-25)21(28)29/h3-4,7-8,10-11,17,25-26H,5-6,9H2,1-2H3,(H,24,27)(H,28,29)/t17-/m1/s1. The van der Waals surface area contributed by atoms with Crippen LogP contribution in [0.25, 0.3) is 0 Å². The minimum absolute atomic E-state index is 0.0383. The second kappa shape index (κ2) is 10.8. The molecule has 0 aliphatic carbocycles. The highest BCUT2D eigenvalue weighted by molar-refractivity contribution is 9.11. The second-order valence-electron chi connectivity index (χ2n) is 7.01. The summed E-state index contributed by atoms with van der Waals surface area (Å²) in [5.41, 5.74) is 1.41. The van der Waals surface area contributed by atoms with E-state index in [-0.39, 0.29) is 31.1 Å². The Morgan fingerprint density at radius 2 is 1.77 bits per heavy atom. The number of carboxylic acid groups (broad SMARTS) is 1. The van der Waals surface area contributed by atoms with Crippen molar-refractivity contribution < 1.29 is 29.6 Å². The van der Waals surface area contributed by atoms with Gasteiger partial charge in [0.15, 0.2) is 5.75 Å². The van der Waals surface area contributed by atoms with Crippen molar-refractivity contribution in [2.24, 2.45) is 0 Å². The van der Waals surface area contributed by atoms with Crippen molar-refractivity contribution in [3.63, 3.8) is 0 Å². The number of carboxylic acids is 1. The summed E-state index contributed by atoms with van der Waals surface area (Å²) in [6.07, 6.45) is -0.102. The molecule has 2 aromatic carbocycles. The summed E-state index contributed by atoms with van der Waals surface area (Å²) in [5.74, 6) is -0.277. The Morgan fingerprint density at radius 1 is 1.13 bits per heavy atom. The van der Waals surface area contributed by atoms with Gasteiger partial charge in [0, 0.05) is 18.6 Å². The number of nitrogens with one attached hydrogen (secondary N) is 1. The summed E-state index contributed by atoms with van der Waals surface area (Å²) in [4.78, 5) is 23.3. The average Bonchev–Trinajstić information content (AvgIpc) is 2.65. The van der Waals surface area contributed by atoms with E-state index in [1.165, 1.54) is 0 Å². The molecule has 0 aliphatic heterocycles. The Bertz CT molecular complexity index is 909. The summed E-state index contributed by atoms with van der Waals surface area (Å²) in [5, 5.41) is 30.4. The minimum Gasteiger partial charge on any atom is -0.508 e. The third-order valence-corrected chi connectivity index (χ3v) is 5.49. The van der Waals surface area contributed by atoms with Gasteiger partial charge < -0.3 is 25.4 Å². The first kappa shape index (κ1) is 24.2. The molecule has 30 heavy (non-hydrogen) atoms. The molecule has 0 aliphatic rings. The maximum atomic E-state index is 12.2. The molecular formula is C21H23Br2NO6. The molecule has 0 aromatic heterocycles. The number of aliphatic hydroxyl groups is 1. The Labute approximate surface area is 191 Å². The van der Waals surface area contributed by atoms with Gasteiger partial charge in [0.2, 0.25) is 5.91 Å². The first-order valence-electron chi connectivity index (χ1n) is 9.24. The van der Waals surface area contributed by atoms with Crippen LogP contribution in [0.2, 0.25) is 0 Å². The van der Waals surface area contributed by atoms with Gasteiger partial charge >= 0.3 is 5.97 Å². The number of halogens is 2. The lowest BCUT2D eigenvalue weighted by molar-refractivity contribution is -0.142. The van der Waals surface area contributed by atoms with E-state index >= 15 is 0 Å². The number of rotatable bonds is 9. The number of carbonyl (C=O) groups is 2. The molecule has 0 bridgehead atoms. The van der Waals surface area contributed by atoms with Crippen LogP contribution in [0.1, 0.15) is 37.3 Å². The molecule has 0 radical (unpaired) electrons. The fourth-order valence-electron chi connectivity index (χ4n) is 2.81. The minimum atomic E-state index is -1.20. The third kappa shape index (κ3) is 6.45. The molecule has 0 saturated heterocycles. The number of hydrogen-bond donors (Lipinski definition) is 4. The zero-order valence-electron chi connectivity index (χ0n) is 16.5. The second-order valence-corrected chi connectivity index (χ2v) is 8.72. The zero-order valence-corrected chi connectivity index (χ0v) is 19.7. The molecule has 2 rings (SSSR count). The van der Waals surface area contributed by atoms with E-state index < -0.39 is 17.9 Å². The van der Waals surface area contributed by atoms with Crippen molar-refractivity contribution in [1.82, 2.24) is 5.32 Å². The van der Waals surface area contributed by atoms with E-state index in [1.54, 1.807) is 30.3 Å². The maximum absolute atomic E-state index is 12.2. The molecule has 2 aromatic rings. The van der Waals surface area contributed by atoms with Crippen LogP contribution in [-0.2, 0) is 16.0 Å². The SMILES string of the molecule is CC(C)c1cc(Oc2c(Br)cc(CC(=O)N[C@H](CCO)C(=O)O)cc2Br)ccc1O. The number of amides is 1. The van der Waals surface area contributed by atoms with Crippen LogP contribution in [0.4, 0.5) is 0 Å². The van der Waals surface area contributed by atoms with Gasteiger partial charge in [-0.1, -0.05) is 13.8 Å². The fraction of sp³-hybridized carbons (Fsp3) is 0.333. The lowest BCUT2D eigenvalue weighted by Crippen LogP contribution is -2.42. The lowest BCUT2D eigenvalue weighted by atomic mass is 10.0. The van der Waals surface area contributed by atoms with Crippen molar-refractivity contribution in [2.75, 3.05) is 6.61 Å². The van der Waals surface area contributed by atoms with E-state index in [4.69, 9.17) is 14.9 Å². The van der Waals surface area contributed by atoms with Crippen molar-refractivity contribution in [2.45, 2.75) is 38.6 Å². The van der Waals surface area contributed by atoms with Gasteiger partial charge in [-0.05, 0) is 73.7 Å². The number of phenolic OH excluding ortho intramolecular Hbond substituents is 1. The van der Waals surface area contributed by atoms with Crippen LogP contribution in [0.15, 0.2) is 39.3 Å². The number of phenols is 1. The van der Waals surface area contributed by atoms with Crippen LogP contribution in [0.5, 0.6) is 17.2 Å². The monoisotopic (exact) mass is 543 g/mol. The van der Waals surface area contributed by atoms with E-state index in [2.05, 4.69) is 37.2 Å². The molecular weight excluding hydrogens is 522 g/mol. The molecule has 1 atom stereocenters. The number of aliphatic carboxylic acids is 1. The Morgan fingerprint density at radius 3 is 2.30 bits per heavy atom. The van der Waals surface area contributed by atoms with Gasteiger partial charge in [0.1, 0.15) is 17.5 Å². The predicted octanol–water partition coefficient (Wildman–Crippen LogP) is 4.33. The van der Waals surface area contributed by atoms with Gasteiger partial charge in [0.05, 0.1) is 15.4 Å². The number of ether oxygens (including phenoxy) is 1. The van der Waals surface area contributed by atoms with Gasteiger partial charge in [-0.15, -0.1) is 0 Å². The summed E-state index contributed by atoms with van der Waals surface area (Å²) < 4.78 is 7.16. The molecule has 4 N–H and O–H groups in total. The topological polar surface area (TPSA) is 116 Å². The highest BCUT2D eigenvalue weighted by Crippen LogP contribution is 2.39. The summed E-state index contributed by atoms with van der Waals surface area (Å²) in [6, 6.07) is 7.30. The maximum Gasteiger partial charge on any atom is 0.326 e. The average molecular weight is 545 g/mol. The molecule has 0 spiro atoms. The van der Waals surface area contributed by atoms with Crippen LogP contribution in [0.3, 0.4) is 0 Å². The molecule has 0 fully saturated rings. The van der Waals surface area contributed by atoms with Crippen molar-refractivity contribution >= 4 is 43.7 Å². The molecule has 0 heterocycles. The van der Waals surface area contributed by atoms with Crippen LogP contribution in [0, 0.1) is 0 Å². The molecule has 162 valence electrons. The molecule has 7 nitrogen and oxygen atoms in total. The van der Waals surface area contributed by atoms with E-state index in [0.717, 1.165) is 5.56 Å². The quantitative estimate of drug-likeness (QED) is 0.373. The van der Waals surface area contributed by atoms with Crippen LogP contribution < -0.4 is 10.1 Å². The first-order chi connectivity index (χ1) is 14.1. The number of benzene rings is 2. The van der Waals surface area contributed by atoms with Crippen LogP contribution >= 0.6 is 31.9 Å². The van der Waals surface area contributed by atoms with Crippen LogP contribution in [-0.4, -0.2) is 39.8 Å².